The van der Waals surface area contributed by atoms with Crippen molar-refractivity contribution < 1.29 is 23.9 Å². The highest BCUT2D eigenvalue weighted by Crippen LogP contribution is 2.41. The Hall–Kier alpha value is -4.23. The number of nitrogens with zero attached hydrogens (tertiary/aromatic N) is 3. The van der Waals surface area contributed by atoms with E-state index < -0.39 is 23.9 Å². The van der Waals surface area contributed by atoms with Crippen LogP contribution in [0.3, 0.4) is 0 Å². The lowest BCUT2D eigenvalue weighted by molar-refractivity contribution is -0.139. The number of urea groups is 1. The van der Waals surface area contributed by atoms with Crippen molar-refractivity contribution in [3.05, 3.63) is 64.1 Å². The predicted molar refractivity (Wildman–Crippen MR) is 166 cm³/mol. The Labute approximate surface area is 264 Å². The van der Waals surface area contributed by atoms with E-state index in [1.807, 2.05) is 24.3 Å². The van der Waals surface area contributed by atoms with Gasteiger partial charge in [-0.2, -0.15) is 0 Å². The molecule has 5 amide bonds. The first-order valence-corrected chi connectivity index (χ1v) is 14.6. The number of likely N-dealkylation sites (N-methyl/N-ethyl adjacent to an activating group) is 1. The largest absolute Gasteiger partial charge is 0.481 e. The Morgan fingerprint density at radius 1 is 1.02 bits per heavy atom. The molecule has 2 aliphatic rings. The third-order valence-corrected chi connectivity index (χ3v) is 8.30. The number of rotatable bonds is 9. The second-order valence-corrected chi connectivity index (χ2v) is 11.2. The van der Waals surface area contributed by atoms with Crippen LogP contribution in [0.25, 0.3) is 22.4 Å². The van der Waals surface area contributed by atoms with Gasteiger partial charge in [0, 0.05) is 61.9 Å². The maximum atomic E-state index is 13.0. The average molecular weight is 641 g/mol. The maximum Gasteiger partial charge on any atom is 0.340 e. The molecule has 12 nitrogen and oxygen atoms in total. The van der Waals surface area contributed by atoms with Gasteiger partial charge in [-0.3, -0.25) is 24.3 Å². The first kappa shape index (κ1) is 31.2. The van der Waals surface area contributed by atoms with Crippen molar-refractivity contribution in [3.63, 3.8) is 0 Å². The van der Waals surface area contributed by atoms with E-state index in [1.165, 1.54) is 14.1 Å². The number of hydrogen-bond acceptors (Lipinski definition) is 8. The van der Waals surface area contributed by atoms with Crippen molar-refractivity contribution in [2.45, 2.75) is 31.5 Å². The minimum Gasteiger partial charge on any atom is -0.481 e. The smallest absolute Gasteiger partial charge is 0.340 e. The number of anilines is 1. The van der Waals surface area contributed by atoms with Crippen LogP contribution in [0.5, 0.6) is 5.88 Å². The SMILES string of the molecule is COc1nc(-c2cccc(-c3cccc(NC(=O)C4NN(C)C(=O)N(C)C4=O)c3Cl)c2Cl)ccc1CNC[C@@H]1CCC(=O)N1. The number of amides is 5. The molecule has 0 aliphatic carbocycles. The van der Waals surface area contributed by atoms with Crippen molar-refractivity contribution in [2.24, 2.45) is 0 Å². The van der Waals surface area contributed by atoms with Gasteiger partial charge >= 0.3 is 6.03 Å². The van der Waals surface area contributed by atoms with E-state index >= 15 is 0 Å². The van der Waals surface area contributed by atoms with Gasteiger partial charge in [-0.1, -0.05) is 59.6 Å². The summed E-state index contributed by atoms with van der Waals surface area (Å²) in [7, 11) is 4.27. The third-order valence-electron chi connectivity index (χ3n) is 7.48. The molecule has 2 atom stereocenters. The van der Waals surface area contributed by atoms with E-state index in [0.29, 0.717) is 52.8 Å². The molecule has 3 heterocycles. The van der Waals surface area contributed by atoms with Crippen molar-refractivity contribution in [1.29, 1.82) is 0 Å². The van der Waals surface area contributed by atoms with Gasteiger partial charge in [0.2, 0.25) is 11.8 Å². The van der Waals surface area contributed by atoms with Crippen molar-refractivity contribution >= 4 is 52.6 Å². The number of halogens is 2. The Balaban J connectivity index is 1.35. The van der Waals surface area contributed by atoms with Gasteiger partial charge in [0.05, 0.1) is 28.5 Å². The van der Waals surface area contributed by atoms with Crippen LogP contribution in [-0.4, -0.2) is 78.5 Å². The van der Waals surface area contributed by atoms with Gasteiger partial charge in [-0.25, -0.2) is 15.2 Å². The zero-order chi connectivity index (χ0) is 31.5. The van der Waals surface area contributed by atoms with Crippen LogP contribution >= 0.6 is 23.2 Å². The summed E-state index contributed by atoms with van der Waals surface area (Å²) in [5.41, 5.74) is 6.10. The summed E-state index contributed by atoms with van der Waals surface area (Å²) in [4.78, 5) is 54.6. The average Bonchev–Trinajstić information content (AvgIpc) is 3.44. The normalized spacial score (nSPS) is 18.4. The van der Waals surface area contributed by atoms with Crippen LogP contribution < -0.4 is 26.1 Å². The second kappa shape index (κ2) is 13.2. The number of hydrazine groups is 1. The summed E-state index contributed by atoms with van der Waals surface area (Å²) < 4.78 is 5.57. The zero-order valence-corrected chi connectivity index (χ0v) is 25.8. The summed E-state index contributed by atoms with van der Waals surface area (Å²) in [5, 5.41) is 10.6. The van der Waals surface area contributed by atoms with Gasteiger partial charge in [0.25, 0.3) is 11.8 Å². The maximum absolute atomic E-state index is 13.0. The molecule has 0 radical (unpaired) electrons. The summed E-state index contributed by atoms with van der Waals surface area (Å²) in [6.07, 6.45) is 1.36. The van der Waals surface area contributed by atoms with E-state index in [9.17, 15) is 19.2 Å². The number of pyridine rings is 1. The quantitative estimate of drug-likeness (QED) is 0.261. The van der Waals surface area contributed by atoms with Crippen LogP contribution in [0.2, 0.25) is 10.0 Å². The second-order valence-electron chi connectivity index (χ2n) is 10.4. The van der Waals surface area contributed by atoms with Crippen LogP contribution in [0.1, 0.15) is 18.4 Å². The lowest BCUT2D eigenvalue weighted by Crippen LogP contribution is -2.66. The number of nitrogens with one attached hydrogen (secondary N) is 4. The molecular weight excluding hydrogens is 609 g/mol. The Morgan fingerprint density at radius 2 is 1.73 bits per heavy atom. The number of benzene rings is 2. The molecule has 0 saturated carbocycles. The number of carbonyl (C=O) groups is 4. The molecule has 4 N–H and O–H groups in total. The Kier molecular flexibility index (Phi) is 9.35. The first-order valence-electron chi connectivity index (χ1n) is 13.8. The zero-order valence-electron chi connectivity index (χ0n) is 24.2. The standard InChI is InChI=1S/C30H31Cl2N7O5/c1-38-29(42)26(37-39(2)30(38)43)27(41)35-22-9-5-7-19(25(22)32)18-6-4-8-20(24(18)31)21-12-10-16(28(36-21)44-3)14-33-15-17-11-13-23(40)34-17/h4-10,12,17,26,33,37H,11,13-15H2,1-3H3,(H,34,40)(H,35,41)/t17-,26?/m0/s1. The minimum absolute atomic E-state index is 0.0744. The number of carbonyl (C=O) groups excluding carboxylic acids is 4. The van der Waals surface area contributed by atoms with Crippen molar-refractivity contribution in [2.75, 3.05) is 33.1 Å². The summed E-state index contributed by atoms with van der Waals surface area (Å²) in [6, 6.07) is 12.5. The van der Waals surface area contributed by atoms with Gasteiger partial charge in [-0.15, -0.1) is 0 Å². The Morgan fingerprint density at radius 3 is 2.43 bits per heavy atom. The molecule has 14 heteroatoms. The molecule has 2 aromatic carbocycles. The van der Waals surface area contributed by atoms with E-state index in [-0.39, 0.29) is 22.7 Å². The molecule has 2 aliphatic heterocycles. The van der Waals surface area contributed by atoms with E-state index in [2.05, 4.69) is 21.4 Å². The molecule has 230 valence electrons. The third kappa shape index (κ3) is 6.34. The lowest BCUT2D eigenvalue weighted by Gasteiger charge is -2.34. The summed E-state index contributed by atoms with van der Waals surface area (Å²) >= 11 is 13.7. The fourth-order valence-corrected chi connectivity index (χ4v) is 5.71. The molecule has 5 rings (SSSR count). The molecule has 44 heavy (non-hydrogen) atoms. The van der Waals surface area contributed by atoms with Crippen molar-refractivity contribution in [1.82, 2.24) is 31.0 Å². The number of hydrogen-bond donors (Lipinski definition) is 4. The highest BCUT2D eigenvalue weighted by atomic mass is 35.5. The molecule has 2 fully saturated rings. The topological polar surface area (TPSA) is 145 Å². The van der Waals surface area contributed by atoms with Gasteiger partial charge in [0.15, 0.2) is 6.04 Å². The van der Waals surface area contributed by atoms with Crippen LogP contribution in [0.15, 0.2) is 48.5 Å². The molecule has 1 aromatic heterocycles. The fraction of sp³-hybridized carbons (Fsp3) is 0.300. The molecule has 0 spiro atoms. The van der Waals surface area contributed by atoms with Gasteiger partial charge in [0.1, 0.15) is 0 Å². The lowest BCUT2D eigenvalue weighted by atomic mass is 10.00. The number of methoxy groups -OCH3 is 1. The molecule has 3 aromatic rings. The van der Waals surface area contributed by atoms with Crippen LogP contribution in [-0.2, 0) is 20.9 Å². The molecule has 1 unspecified atom stereocenters. The summed E-state index contributed by atoms with van der Waals surface area (Å²) in [5.74, 6) is -0.858. The van der Waals surface area contributed by atoms with Crippen LogP contribution in [0.4, 0.5) is 10.5 Å². The predicted octanol–water partition coefficient (Wildman–Crippen LogP) is 3.43. The number of aromatic nitrogens is 1. The monoisotopic (exact) mass is 639 g/mol. The highest BCUT2D eigenvalue weighted by Gasteiger charge is 2.39. The first-order chi connectivity index (χ1) is 21.1. The fourth-order valence-electron chi connectivity index (χ4n) is 5.11. The van der Waals surface area contributed by atoms with Crippen LogP contribution in [0, 0.1) is 0 Å². The minimum atomic E-state index is -1.32. The van der Waals surface area contributed by atoms with E-state index in [0.717, 1.165) is 21.9 Å². The molecule has 0 bridgehead atoms. The molecule has 2 saturated heterocycles. The highest BCUT2D eigenvalue weighted by molar-refractivity contribution is 6.39. The number of imide groups is 1. The van der Waals surface area contributed by atoms with E-state index in [1.54, 1.807) is 31.4 Å². The van der Waals surface area contributed by atoms with Gasteiger partial charge < -0.3 is 20.7 Å². The molecular formula is C30H31Cl2N7O5. The van der Waals surface area contributed by atoms with E-state index in [4.69, 9.17) is 32.9 Å². The number of ether oxygens (including phenoxy) is 1. The van der Waals surface area contributed by atoms with Crippen molar-refractivity contribution in [3.8, 4) is 28.3 Å². The Bertz CT molecular complexity index is 1640. The van der Waals surface area contributed by atoms with Gasteiger partial charge in [-0.05, 0) is 18.6 Å². The summed E-state index contributed by atoms with van der Waals surface area (Å²) in [6.45, 7) is 1.15.